The molecule has 7 heteroatoms. The normalized spacial score (nSPS) is 17.0. The van der Waals surface area contributed by atoms with Crippen molar-refractivity contribution in [3.8, 4) is 0 Å². The minimum Gasteiger partial charge on any atom is -0.361 e. The number of thiophene rings is 1. The largest absolute Gasteiger partial charge is 0.361 e. The molecule has 1 fully saturated rings. The number of carbonyl (C=O) groups is 2. The van der Waals surface area contributed by atoms with Gasteiger partial charge in [0.1, 0.15) is 6.04 Å². The van der Waals surface area contributed by atoms with E-state index in [1.165, 1.54) is 16.9 Å². The first-order valence-electron chi connectivity index (χ1n) is 11.6. The standard InChI is InChI=1S/C27H28N4O2S/c32-26(29-21-12-13-31(18-21)17-19-7-2-1-3-8-19)24(30-27(33)25-11-6-14-34-25)15-20-16-28-23-10-5-4-9-22(20)23/h1-11,14,16,21,24,28H,12-13,15,17-18H2,(H,29,32)(H,30,33). The van der Waals surface area contributed by atoms with Crippen molar-refractivity contribution < 1.29 is 9.59 Å². The van der Waals surface area contributed by atoms with Gasteiger partial charge < -0.3 is 15.6 Å². The number of aromatic amines is 1. The highest BCUT2D eigenvalue weighted by molar-refractivity contribution is 7.12. The van der Waals surface area contributed by atoms with Gasteiger partial charge in [-0.15, -0.1) is 11.3 Å². The fourth-order valence-corrected chi connectivity index (χ4v) is 5.23. The van der Waals surface area contributed by atoms with Crippen LogP contribution in [0.1, 0.15) is 27.2 Å². The van der Waals surface area contributed by atoms with Crippen LogP contribution in [-0.4, -0.2) is 46.9 Å². The molecule has 2 atom stereocenters. The number of likely N-dealkylation sites (tertiary alicyclic amines) is 1. The monoisotopic (exact) mass is 472 g/mol. The number of para-hydroxylation sites is 1. The zero-order valence-corrected chi connectivity index (χ0v) is 19.7. The number of hydrogen-bond donors (Lipinski definition) is 3. The number of nitrogens with one attached hydrogen (secondary N) is 3. The number of fused-ring (bicyclic) bond motifs is 1. The van der Waals surface area contributed by atoms with Crippen LogP contribution >= 0.6 is 11.3 Å². The molecule has 2 aromatic heterocycles. The first-order valence-corrected chi connectivity index (χ1v) is 12.5. The van der Waals surface area contributed by atoms with Crippen molar-refractivity contribution in [3.63, 3.8) is 0 Å². The van der Waals surface area contributed by atoms with Gasteiger partial charge in [-0.05, 0) is 35.1 Å². The van der Waals surface area contributed by atoms with Crippen LogP contribution in [0.15, 0.2) is 78.3 Å². The third-order valence-electron chi connectivity index (χ3n) is 6.33. The zero-order valence-electron chi connectivity index (χ0n) is 18.9. The Morgan fingerprint density at radius 1 is 1.06 bits per heavy atom. The van der Waals surface area contributed by atoms with Gasteiger partial charge in [-0.2, -0.15) is 0 Å². The summed E-state index contributed by atoms with van der Waals surface area (Å²) in [6.45, 7) is 2.62. The topological polar surface area (TPSA) is 77.2 Å². The molecular weight excluding hydrogens is 444 g/mol. The number of hydrogen-bond acceptors (Lipinski definition) is 4. The van der Waals surface area contributed by atoms with E-state index in [1.807, 2.05) is 48.0 Å². The summed E-state index contributed by atoms with van der Waals surface area (Å²) in [4.78, 5) is 32.4. The zero-order chi connectivity index (χ0) is 23.3. The van der Waals surface area contributed by atoms with E-state index in [2.05, 4.69) is 44.8 Å². The summed E-state index contributed by atoms with van der Waals surface area (Å²) in [7, 11) is 0. The Balaban J connectivity index is 1.27. The van der Waals surface area contributed by atoms with Gasteiger partial charge in [-0.25, -0.2) is 0 Å². The molecule has 2 unspecified atom stereocenters. The van der Waals surface area contributed by atoms with Gasteiger partial charge in [0.05, 0.1) is 4.88 Å². The summed E-state index contributed by atoms with van der Waals surface area (Å²) in [5.74, 6) is -0.353. The van der Waals surface area contributed by atoms with Crippen LogP contribution in [-0.2, 0) is 17.8 Å². The molecule has 1 saturated heterocycles. The molecule has 2 amide bonds. The van der Waals surface area contributed by atoms with Crippen molar-refractivity contribution in [2.45, 2.75) is 31.5 Å². The number of nitrogens with zero attached hydrogens (tertiary/aromatic N) is 1. The third-order valence-corrected chi connectivity index (χ3v) is 7.20. The van der Waals surface area contributed by atoms with E-state index in [0.29, 0.717) is 11.3 Å². The molecule has 1 aliphatic rings. The Labute approximate surface area is 203 Å². The average Bonchev–Trinajstić information content (AvgIpc) is 3.61. The molecule has 0 saturated carbocycles. The second-order valence-corrected chi connectivity index (χ2v) is 9.73. The van der Waals surface area contributed by atoms with E-state index in [9.17, 15) is 9.59 Å². The van der Waals surface area contributed by atoms with Crippen molar-refractivity contribution >= 4 is 34.1 Å². The predicted molar refractivity (Wildman–Crippen MR) is 136 cm³/mol. The van der Waals surface area contributed by atoms with Gasteiger partial charge in [0.15, 0.2) is 0 Å². The third kappa shape index (κ3) is 5.21. The molecule has 2 aromatic carbocycles. The van der Waals surface area contributed by atoms with Gasteiger partial charge in [-0.1, -0.05) is 54.6 Å². The number of amides is 2. The molecule has 34 heavy (non-hydrogen) atoms. The lowest BCUT2D eigenvalue weighted by atomic mass is 10.0. The molecule has 4 aromatic rings. The number of H-pyrrole nitrogens is 1. The first-order chi connectivity index (χ1) is 16.7. The number of carbonyl (C=O) groups excluding carboxylic acids is 2. The maximum absolute atomic E-state index is 13.4. The maximum atomic E-state index is 13.4. The van der Waals surface area contributed by atoms with Crippen molar-refractivity contribution in [3.05, 3.63) is 94.3 Å². The molecule has 5 rings (SSSR count). The lowest BCUT2D eigenvalue weighted by molar-refractivity contribution is -0.123. The highest BCUT2D eigenvalue weighted by atomic mass is 32.1. The van der Waals surface area contributed by atoms with Crippen molar-refractivity contribution in [2.75, 3.05) is 13.1 Å². The van der Waals surface area contributed by atoms with E-state index >= 15 is 0 Å². The number of benzene rings is 2. The maximum Gasteiger partial charge on any atom is 0.262 e. The lowest BCUT2D eigenvalue weighted by Crippen LogP contribution is -2.51. The van der Waals surface area contributed by atoms with E-state index in [4.69, 9.17) is 0 Å². The summed E-state index contributed by atoms with van der Waals surface area (Å²) < 4.78 is 0. The Bertz CT molecular complexity index is 1250. The molecule has 1 aliphatic heterocycles. The van der Waals surface area contributed by atoms with Gasteiger partial charge in [0.2, 0.25) is 5.91 Å². The Hall–Kier alpha value is -3.42. The second-order valence-electron chi connectivity index (χ2n) is 8.78. The molecule has 0 radical (unpaired) electrons. The van der Waals surface area contributed by atoms with Crippen LogP contribution in [0.25, 0.3) is 10.9 Å². The predicted octanol–water partition coefficient (Wildman–Crippen LogP) is 3.96. The van der Waals surface area contributed by atoms with Crippen molar-refractivity contribution in [1.29, 1.82) is 0 Å². The van der Waals surface area contributed by atoms with E-state index < -0.39 is 6.04 Å². The lowest BCUT2D eigenvalue weighted by Gasteiger charge is -2.21. The molecule has 3 heterocycles. The van der Waals surface area contributed by atoms with Gasteiger partial charge in [-0.3, -0.25) is 14.5 Å². The SMILES string of the molecule is O=C(NC(Cc1c[nH]c2ccccc12)C(=O)NC1CCN(Cc2ccccc2)C1)c1cccs1. The van der Waals surface area contributed by atoms with Crippen molar-refractivity contribution in [1.82, 2.24) is 20.5 Å². The molecule has 3 N–H and O–H groups in total. The van der Waals surface area contributed by atoms with Gasteiger partial charge >= 0.3 is 0 Å². The van der Waals surface area contributed by atoms with Crippen LogP contribution in [0.5, 0.6) is 0 Å². The highest BCUT2D eigenvalue weighted by Crippen LogP contribution is 2.20. The fourth-order valence-electron chi connectivity index (χ4n) is 4.60. The Morgan fingerprint density at radius 2 is 1.88 bits per heavy atom. The number of aromatic nitrogens is 1. The van der Waals surface area contributed by atoms with E-state index in [-0.39, 0.29) is 17.9 Å². The minimum absolute atomic E-state index is 0.0697. The molecular formula is C27H28N4O2S. The van der Waals surface area contributed by atoms with Crippen LogP contribution < -0.4 is 10.6 Å². The number of rotatable bonds is 8. The van der Waals surface area contributed by atoms with Crippen LogP contribution in [0.3, 0.4) is 0 Å². The smallest absolute Gasteiger partial charge is 0.262 e. The Kier molecular flexibility index (Phi) is 6.74. The average molecular weight is 473 g/mol. The van der Waals surface area contributed by atoms with Crippen LogP contribution in [0.4, 0.5) is 0 Å². The molecule has 0 bridgehead atoms. The fraction of sp³-hybridized carbons (Fsp3) is 0.259. The summed E-state index contributed by atoms with van der Waals surface area (Å²) in [5.41, 5.74) is 3.31. The summed E-state index contributed by atoms with van der Waals surface area (Å²) in [5, 5.41) is 9.12. The quantitative estimate of drug-likeness (QED) is 0.363. The van der Waals surface area contributed by atoms with Crippen LogP contribution in [0.2, 0.25) is 0 Å². The van der Waals surface area contributed by atoms with Crippen molar-refractivity contribution in [2.24, 2.45) is 0 Å². The van der Waals surface area contributed by atoms with Gasteiger partial charge in [0.25, 0.3) is 5.91 Å². The summed E-state index contributed by atoms with van der Waals surface area (Å²) in [6, 6.07) is 21.4. The van der Waals surface area contributed by atoms with E-state index in [0.717, 1.165) is 42.5 Å². The van der Waals surface area contributed by atoms with E-state index in [1.54, 1.807) is 6.07 Å². The second kappa shape index (κ2) is 10.2. The summed E-state index contributed by atoms with van der Waals surface area (Å²) >= 11 is 1.37. The molecule has 6 nitrogen and oxygen atoms in total. The first kappa shape index (κ1) is 22.4. The highest BCUT2D eigenvalue weighted by Gasteiger charge is 2.29. The molecule has 0 spiro atoms. The molecule has 0 aliphatic carbocycles. The Morgan fingerprint density at radius 3 is 2.71 bits per heavy atom. The molecule has 174 valence electrons. The minimum atomic E-state index is -0.656. The van der Waals surface area contributed by atoms with Crippen LogP contribution in [0, 0.1) is 0 Å². The van der Waals surface area contributed by atoms with Gasteiger partial charge in [0, 0.05) is 49.2 Å². The summed E-state index contributed by atoms with van der Waals surface area (Å²) in [6.07, 6.45) is 3.25.